The van der Waals surface area contributed by atoms with Gasteiger partial charge in [-0.3, -0.25) is 10.3 Å². The van der Waals surface area contributed by atoms with E-state index in [1.54, 1.807) is 0 Å². The van der Waals surface area contributed by atoms with E-state index in [2.05, 4.69) is 17.2 Å². The summed E-state index contributed by atoms with van der Waals surface area (Å²) in [6, 6.07) is 0. The van der Waals surface area contributed by atoms with Crippen LogP contribution in [0.3, 0.4) is 0 Å². The maximum Gasteiger partial charge on any atom is 0.183 e. The van der Waals surface area contributed by atoms with Gasteiger partial charge in [-0.15, -0.1) is 0 Å². The number of ether oxygens (including phenoxy) is 1. The van der Waals surface area contributed by atoms with Gasteiger partial charge in [-0.1, -0.05) is 25.1 Å². The fourth-order valence-electron chi connectivity index (χ4n) is 0.763. The van der Waals surface area contributed by atoms with Gasteiger partial charge < -0.3 is 4.74 Å². The molecule has 0 fully saturated rings. The molecule has 0 spiro atoms. The van der Waals surface area contributed by atoms with Crippen LogP contribution in [0, 0.1) is 11.5 Å². The van der Waals surface area contributed by atoms with Crippen molar-refractivity contribution in [3.8, 4) is 6.19 Å². The first-order valence-electron chi connectivity index (χ1n) is 4.66. The predicted molar refractivity (Wildman–Crippen MR) is 60.3 cm³/mol. The number of hydrogen-bond donors (Lipinski definition) is 1. The van der Waals surface area contributed by atoms with E-state index in [-0.39, 0.29) is 0 Å². The summed E-state index contributed by atoms with van der Waals surface area (Å²) in [4.78, 5) is 4.15. The first kappa shape index (κ1) is 13.3. The van der Waals surface area contributed by atoms with Gasteiger partial charge in [0.2, 0.25) is 0 Å². The monoisotopic (exact) mass is 215 g/mol. The van der Waals surface area contributed by atoms with Crippen molar-refractivity contribution in [3.63, 3.8) is 0 Å². The maximum absolute atomic E-state index is 8.35. The second-order valence-electron chi connectivity index (χ2n) is 2.59. The Hall–Kier alpha value is -0.730. The summed E-state index contributed by atoms with van der Waals surface area (Å²) in [6.45, 7) is 4.15. The minimum atomic E-state index is 0.606. The number of rotatable bonds is 6. The molecule has 14 heavy (non-hydrogen) atoms. The van der Waals surface area contributed by atoms with Crippen LogP contribution in [0.4, 0.5) is 0 Å². The number of amidine groups is 1. The molecule has 0 bridgehead atoms. The number of nitriles is 1. The van der Waals surface area contributed by atoms with Gasteiger partial charge in [-0.2, -0.15) is 5.26 Å². The van der Waals surface area contributed by atoms with E-state index < -0.39 is 0 Å². The summed E-state index contributed by atoms with van der Waals surface area (Å²) >= 11 is 1.42. The van der Waals surface area contributed by atoms with Crippen molar-refractivity contribution in [2.24, 2.45) is 4.99 Å². The van der Waals surface area contributed by atoms with Gasteiger partial charge in [0.25, 0.3) is 0 Å². The van der Waals surface area contributed by atoms with Gasteiger partial charge in [0.1, 0.15) is 0 Å². The van der Waals surface area contributed by atoms with Crippen LogP contribution in [-0.2, 0) is 4.74 Å². The molecule has 0 saturated heterocycles. The highest BCUT2D eigenvalue weighted by molar-refractivity contribution is 8.13. The minimum Gasteiger partial charge on any atom is -0.380 e. The van der Waals surface area contributed by atoms with Gasteiger partial charge in [0, 0.05) is 6.61 Å². The lowest BCUT2D eigenvalue weighted by atomic mass is 10.4. The van der Waals surface area contributed by atoms with Crippen molar-refractivity contribution in [3.05, 3.63) is 0 Å². The first-order valence-corrected chi connectivity index (χ1v) is 5.89. The normalized spacial score (nSPS) is 11.1. The molecular weight excluding hydrogens is 198 g/mol. The molecule has 0 saturated carbocycles. The molecule has 0 atom stereocenters. The average Bonchev–Trinajstić information content (AvgIpc) is 2.21. The summed E-state index contributed by atoms with van der Waals surface area (Å²) in [5, 5.41) is 11.5. The van der Waals surface area contributed by atoms with Crippen LogP contribution in [0.15, 0.2) is 4.99 Å². The third-order valence-electron chi connectivity index (χ3n) is 1.49. The molecule has 5 heteroatoms. The highest BCUT2D eigenvalue weighted by atomic mass is 32.2. The molecule has 1 N–H and O–H groups in total. The fourth-order valence-corrected chi connectivity index (χ4v) is 1.13. The van der Waals surface area contributed by atoms with Crippen LogP contribution in [0.5, 0.6) is 0 Å². The van der Waals surface area contributed by atoms with Crippen molar-refractivity contribution in [2.45, 2.75) is 19.8 Å². The second kappa shape index (κ2) is 10.4. The third-order valence-corrected chi connectivity index (χ3v) is 2.11. The predicted octanol–water partition coefficient (Wildman–Crippen LogP) is 1.59. The van der Waals surface area contributed by atoms with Crippen molar-refractivity contribution in [1.29, 1.82) is 5.26 Å². The van der Waals surface area contributed by atoms with Crippen molar-refractivity contribution >= 4 is 16.9 Å². The Morgan fingerprint density at radius 2 is 2.36 bits per heavy atom. The largest absolute Gasteiger partial charge is 0.380 e. The molecule has 0 aliphatic heterocycles. The quantitative estimate of drug-likeness (QED) is 0.240. The Balaban J connectivity index is 3.44. The summed E-state index contributed by atoms with van der Waals surface area (Å²) in [5.41, 5.74) is 0. The minimum absolute atomic E-state index is 0.606. The summed E-state index contributed by atoms with van der Waals surface area (Å²) < 4.78 is 5.32. The average molecular weight is 215 g/mol. The number of aliphatic imine (C=N–C) groups is 1. The fraction of sp³-hybridized carbons (Fsp3) is 0.778. The summed E-state index contributed by atoms with van der Waals surface area (Å²) in [5.74, 6) is 0. The smallest absolute Gasteiger partial charge is 0.183 e. The van der Waals surface area contributed by atoms with E-state index >= 15 is 0 Å². The second-order valence-corrected chi connectivity index (χ2v) is 3.39. The molecule has 0 aliphatic carbocycles. The summed E-state index contributed by atoms with van der Waals surface area (Å²) in [7, 11) is 0. The van der Waals surface area contributed by atoms with E-state index in [4.69, 9.17) is 10.00 Å². The Bertz CT molecular complexity index is 201. The molecule has 0 unspecified atom stereocenters. The van der Waals surface area contributed by atoms with E-state index in [0.29, 0.717) is 18.3 Å². The Morgan fingerprint density at radius 3 is 2.93 bits per heavy atom. The lowest BCUT2D eigenvalue weighted by molar-refractivity contribution is 0.139. The topological polar surface area (TPSA) is 57.4 Å². The van der Waals surface area contributed by atoms with Crippen molar-refractivity contribution in [2.75, 3.05) is 26.0 Å². The number of thioether (sulfide) groups is 1. The van der Waals surface area contributed by atoms with Gasteiger partial charge in [0.15, 0.2) is 11.4 Å². The van der Waals surface area contributed by atoms with Crippen molar-refractivity contribution in [1.82, 2.24) is 5.32 Å². The molecule has 0 aromatic rings. The van der Waals surface area contributed by atoms with E-state index in [1.165, 1.54) is 11.8 Å². The zero-order chi connectivity index (χ0) is 10.6. The summed E-state index contributed by atoms with van der Waals surface area (Å²) in [6.07, 6.45) is 5.95. The Morgan fingerprint density at radius 1 is 1.57 bits per heavy atom. The molecule has 0 heterocycles. The van der Waals surface area contributed by atoms with Crippen LogP contribution < -0.4 is 5.32 Å². The molecule has 0 aromatic carbocycles. The first-order chi connectivity index (χ1) is 6.85. The van der Waals surface area contributed by atoms with Gasteiger partial charge in [0.05, 0.1) is 13.2 Å². The van der Waals surface area contributed by atoms with Crippen LogP contribution in [0.1, 0.15) is 19.8 Å². The molecule has 0 aromatic heterocycles. The Kier molecular flexibility index (Phi) is 9.81. The van der Waals surface area contributed by atoms with Gasteiger partial charge in [-0.25, -0.2) is 0 Å². The van der Waals surface area contributed by atoms with E-state index in [1.807, 2.05) is 12.4 Å². The SMILES string of the molecule is CCCCOCCN=C(NC#N)SC. The third kappa shape index (κ3) is 7.90. The lowest BCUT2D eigenvalue weighted by Crippen LogP contribution is -2.14. The maximum atomic E-state index is 8.35. The van der Waals surface area contributed by atoms with Crippen LogP contribution >= 0.6 is 11.8 Å². The number of hydrogen-bond acceptors (Lipinski definition) is 4. The highest BCUT2D eigenvalue weighted by Crippen LogP contribution is 1.94. The zero-order valence-corrected chi connectivity index (χ0v) is 9.56. The molecule has 0 rings (SSSR count). The molecule has 4 nitrogen and oxygen atoms in total. The number of nitrogens with zero attached hydrogens (tertiary/aromatic N) is 2. The number of unbranched alkanes of at least 4 members (excludes halogenated alkanes) is 1. The van der Waals surface area contributed by atoms with E-state index in [9.17, 15) is 0 Å². The number of nitrogens with one attached hydrogen (secondary N) is 1. The van der Waals surface area contributed by atoms with Crippen LogP contribution in [0.2, 0.25) is 0 Å². The van der Waals surface area contributed by atoms with Gasteiger partial charge >= 0.3 is 0 Å². The molecule has 0 amide bonds. The molecule has 80 valence electrons. The van der Waals surface area contributed by atoms with Crippen LogP contribution in [0.25, 0.3) is 0 Å². The highest BCUT2D eigenvalue weighted by Gasteiger charge is 1.93. The van der Waals surface area contributed by atoms with Gasteiger partial charge in [-0.05, 0) is 12.7 Å². The molecule has 0 radical (unpaired) electrons. The molecule has 0 aliphatic rings. The standard InChI is InChI=1S/C9H17N3OS/c1-3-4-6-13-7-5-11-9(14-2)12-8-10/h3-7H2,1-2H3,(H,11,12). The lowest BCUT2D eigenvalue weighted by Gasteiger charge is -2.01. The zero-order valence-electron chi connectivity index (χ0n) is 8.75. The van der Waals surface area contributed by atoms with Crippen LogP contribution in [-0.4, -0.2) is 31.2 Å². The Labute approximate surface area is 89.7 Å². The molecular formula is C9H17N3OS. The van der Waals surface area contributed by atoms with E-state index in [0.717, 1.165) is 19.4 Å². The van der Waals surface area contributed by atoms with Crippen molar-refractivity contribution < 1.29 is 4.74 Å².